The molecule has 24 heavy (non-hydrogen) atoms. The molecule has 0 aliphatic heterocycles. The van der Waals surface area contributed by atoms with Crippen LogP contribution in [0.3, 0.4) is 0 Å². The summed E-state index contributed by atoms with van der Waals surface area (Å²) in [6.07, 6.45) is 4.02. The molecule has 0 amide bonds. The maximum atomic E-state index is 14.1. The topological polar surface area (TPSA) is 62.5 Å². The van der Waals surface area contributed by atoms with Gasteiger partial charge in [-0.05, 0) is 18.2 Å². The molecule has 0 bridgehead atoms. The zero-order valence-corrected chi connectivity index (χ0v) is 12.2. The number of rotatable bonds is 1. The van der Waals surface area contributed by atoms with E-state index in [1.165, 1.54) is 0 Å². The van der Waals surface area contributed by atoms with E-state index in [1.54, 1.807) is 36.7 Å². The molecule has 114 valence electrons. The second-order valence-electron chi connectivity index (χ2n) is 5.15. The molecule has 0 aromatic carbocycles. The van der Waals surface area contributed by atoms with Gasteiger partial charge in [0.1, 0.15) is 11.9 Å². The number of hydrogen-bond acceptors (Lipinski definition) is 4. The van der Waals surface area contributed by atoms with Gasteiger partial charge in [0.05, 0.1) is 28.7 Å². The molecule has 6 heteroatoms. The van der Waals surface area contributed by atoms with Gasteiger partial charge in [-0.15, -0.1) is 0 Å². The van der Waals surface area contributed by atoms with Gasteiger partial charge in [0.25, 0.3) is 0 Å². The predicted molar refractivity (Wildman–Crippen MR) is 83.2 cm³/mol. The quantitative estimate of drug-likeness (QED) is 0.397. The van der Waals surface area contributed by atoms with E-state index in [9.17, 15) is 14.0 Å². The van der Waals surface area contributed by atoms with E-state index in [1.807, 2.05) is 6.07 Å². The van der Waals surface area contributed by atoms with Gasteiger partial charge in [0.2, 0.25) is 5.95 Å². The Morgan fingerprint density at radius 3 is 2.17 bits per heavy atom. The monoisotopic (exact) mass is 318 g/mol. The highest BCUT2D eigenvalue weighted by molar-refractivity contribution is 6.11. The number of fused-ring (bicyclic) bond motifs is 3. The lowest BCUT2D eigenvalue weighted by Crippen LogP contribution is -1.97. The molecule has 0 saturated heterocycles. The van der Waals surface area contributed by atoms with Crippen molar-refractivity contribution in [3.8, 4) is 17.5 Å². The van der Waals surface area contributed by atoms with Crippen molar-refractivity contribution in [3.05, 3.63) is 77.4 Å². The number of nitrogens with zero attached hydrogens (tertiary/aromatic N) is 4. The Labute approximate surface area is 135 Å². The molecule has 3 heterocycles. The Morgan fingerprint density at radius 1 is 0.958 bits per heavy atom. The Kier molecular flexibility index (Phi) is 3.14. The van der Waals surface area contributed by atoms with Crippen molar-refractivity contribution in [1.82, 2.24) is 15.0 Å². The fourth-order valence-electron chi connectivity index (χ4n) is 2.85. The van der Waals surface area contributed by atoms with Crippen LogP contribution in [0.15, 0.2) is 48.9 Å². The SMILES string of the molecule is N#CC(=C1c2cccnc2-c2ncccc21)c1cc(F)cnc1F. The molecule has 0 radical (unpaired) electrons. The Morgan fingerprint density at radius 2 is 1.58 bits per heavy atom. The van der Waals surface area contributed by atoms with E-state index in [0.29, 0.717) is 28.1 Å². The Balaban J connectivity index is 2.12. The number of hydrogen-bond donors (Lipinski definition) is 0. The van der Waals surface area contributed by atoms with Crippen LogP contribution in [0.2, 0.25) is 0 Å². The third-order valence-corrected chi connectivity index (χ3v) is 3.82. The summed E-state index contributed by atoms with van der Waals surface area (Å²) in [7, 11) is 0. The summed E-state index contributed by atoms with van der Waals surface area (Å²) in [4.78, 5) is 12.0. The van der Waals surface area contributed by atoms with Crippen LogP contribution < -0.4 is 0 Å². The molecule has 0 unspecified atom stereocenters. The summed E-state index contributed by atoms with van der Waals surface area (Å²) >= 11 is 0. The second kappa shape index (κ2) is 5.32. The minimum Gasteiger partial charge on any atom is -0.254 e. The average Bonchev–Trinajstić information content (AvgIpc) is 2.94. The molecule has 1 aliphatic carbocycles. The molecule has 3 aromatic heterocycles. The minimum absolute atomic E-state index is 0.000463. The van der Waals surface area contributed by atoms with Crippen molar-refractivity contribution < 1.29 is 8.78 Å². The van der Waals surface area contributed by atoms with E-state index < -0.39 is 11.8 Å². The summed E-state index contributed by atoms with van der Waals surface area (Å²) in [6, 6.07) is 9.96. The summed E-state index contributed by atoms with van der Waals surface area (Å²) in [5, 5.41) is 9.64. The van der Waals surface area contributed by atoms with Crippen LogP contribution in [0.5, 0.6) is 0 Å². The van der Waals surface area contributed by atoms with Gasteiger partial charge in [0.15, 0.2) is 0 Å². The number of aromatic nitrogens is 3. The van der Waals surface area contributed by atoms with E-state index in [-0.39, 0.29) is 11.1 Å². The zero-order chi connectivity index (χ0) is 16.7. The second-order valence-corrected chi connectivity index (χ2v) is 5.15. The van der Waals surface area contributed by atoms with E-state index >= 15 is 0 Å². The third kappa shape index (κ3) is 1.99. The van der Waals surface area contributed by atoms with Gasteiger partial charge >= 0.3 is 0 Å². The first kappa shape index (κ1) is 14.2. The number of pyridine rings is 3. The van der Waals surface area contributed by atoms with Crippen LogP contribution in [0.4, 0.5) is 8.78 Å². The maximum absolute atomic E-state index is 14.1. The lowest BCUT2D eigenvalue weighted by Gasteiger charge is -2.07. The van der Waals surface area contributed by atoms with Crippen molar-refractivity contribution in [3.63, 3.8) is 0 Å². The highest BCUT2D eigenvalue weighted by Crippen LogP contribution is 2.45. The van der Waals surface area contributed by atoms with E-state index in [0.717, 1.165) is 12.3 Å². The van der Waals surface area contributed by atoms with Gasteiger partial charge in [0, 0.05) is 29.1 Å². The Bertz CT molecular complexity index is 1000. The average molecular weight is 318 g/mol. The standard InChI is InChI=1S/C18H8F2N4/c19-10-7-13(18(20)24-9-10)14(8-21)15-11-3-1-5-22-16(11)17-12(15)4-2-6-23-17/h1-7,9H. The van der Waals surface area contributed by atoms with Crippen LogP contribution >= 0.6 is 0 Å². The fourth-order valence-corrected chi connectivity index (χ4v) is 2.85. The van der Waals surface area contributed by atoms with Crippen LogP contribution in [0.25, 0.3) is 22.5 Å². The molecule has 0 spiro atoms. The first-order valence-electron chi connectivity index (χ1n) is 7.07. The molecular weight excluding hydrogens is 310 g/mol. The van der Waals surface area contributed by atoms with Gasteiger partial charge in [-0.25, -0.2) is 9.37 Å². The summed E-state index contributed by atoms with van der Waals surface area (Å²) < 4.78 is 27.7. The third-order valence-electron chi connectivity index (χ3n) is 3.82. The van der Waals surface area contributed by atoms with Crippen molar-refractivity contribution in [1.29, 1.82) is 5.26 Å². The molecule has 4 rings (SSSR count). The first-order chi connectivity index (χ1) is 11.7. The van der Waals surface area contributed by atoms with Crippen LogP contribution in [0.1, 0.15) is 16.7 Å². The number of allylic oxidation sites excluding steroid dienone is 1. The first-order valence-corrected chi connectivity index (χ1v) is 7.07. The largest absolute Gasteiger partial charge is 0.254 e. The van der Waals surface area contributed by atoms with Gasteiger partial charge in [-0.3, -0.25) is 9.97 Å². The lowest BCUT2D eigenvalue weighted by molar-refractivity contribution is 0.556. The highest BCUT2D eigenvalue weighted by atomic mass is 19.1. The molecule has 0 N–H and O–H groups in total. The highest BCUT2D eigenvalue weighted by Gasteiger charge is 2.29. The molecule has 0 saturated carbocycles. The lowest BCUT2D eigenvalue weighted by atomic mass is 9.95. The predicted octanol–water partition coefficient (Wildman–Crippen LogP) is 3.61. The van der Waals surface area contributed by atoms with Crippen molar-refractivity contribution >= 4 is 11.1 Å². The number of halogens is 2. The van der Waals surface area contributed by atoms with Crippen molar-refractivity contribution in [2.45, 2.75) is 0 Å². The van der Waals surface area contributed by atoms with Gasteiger partial charge < -0.3 is 0 Å². The Hall–Kier alpha value is -3.46. The van der Waals surface area contributed by atoms with Gasteiger partial charge in [-0.1, -0.05) is 12.1 Å². The molecule has 4 nitrogen and oxygen atoms in total. The van der Waals surface area contributed by atoms with Crippen LogP contribution in [-0.2, 0) is 0 Å². The summed E-state index contributed by atoms with van der Waals surface area (Å²) in [6.45, 7) is 0. The van der Waals surface area contributed by atoms with E-state index in [4.69, 9.17) is 0 Å². The summed E-state index contributed by atoms with van der Waals surface area (Å²) in [5.41, 5.74) is 2.84. The zero-order valence-electron chi connectivity index (χ0n) is 12.2. The summed E-state index contributed by atoms with van der Waals surface area (Å²) in [5.74, 6) is -1.61. The van der Waals surface area contributed by atoms with Crippen LogP contribution in [0, 0.1) is 23.1 Å². The smallest absolute Gasteiger partial charge is 0.221 e. The molecule has 0 atom stereocenters. The fraction of sp³-hybridized carbons (Fsp3) is 0. The normalized spacial score (nSPS) is 11.6. The van der Waals surface area contributed by atoms with Crippen LogP contribution in [-0.4, -0.2) is 15.0 Å². The number of nitriles is 1. The molecule has 3 aromatic rings. The minimum atomic E-state index is -0.900. The molecule has 0 fully saturated rings. The van der Waals surface area contributed by atoms with Crippen molar-refractivity contribution in [2.24, 2.45) is 0 Å². The molecule has 1 aliphatic rings. The maximum Gasteiger partial charge on any atom is 0.221 e. The van der Waals surface area contributed by atoms with Crippen molar-refractivity contribution in [2.75, 3.05) is 0 Å². The molecular formula is C18H8F2N4. The van der Waals surface area contributed by atoms with E-state index in [2.05, 4.69) is 15.0 Å². The van der Waals surface area contributed by atoms with Gasteiger partial charge in [-0.2, -0.15) is 9.65 Å².